The summed E-state index contributed by atoms with van der Waals surface area (Å²) < 4.78 is 13.2. The molecule has 1 atom stereocenters. The van der Waals surface area contributed by atoms with Crippen LogP contribution in [0.25, 0.3) is 0 Å². The molecule has 0 aromatic heterocycles. The van der Waals surface area contributed by atoms with E-state index in [9.17, 15) is 14.0 Å². The summed E-state index contributed by atoms with van der Waals surface area (Å²) in [5, 5.41) is 3.51. The molecule has 7 heteroatoms. The number of rotatable bonds is 4. The zero-order valence-electron chi connectivity index (χ0n) is 13.4. The molecule has 2 aromatic rings. The van der Waals surface area contributed by atoms with Gasteiger partial charge < -0.3 is 5.32 Å². The van der Waals surface area contributed by atoms with Crippen molar-refractivity contribution in [1.29, 1.82) is 0 Å². The van der Waals surface area contributed by atoms with E-state index in [0.717, 1.165) is 4.90 Å². The summed E-state index contributed by atoms with van der Waals surface area (Å²) in [6.07, 6.45) is 0.348. The van der Waals surface area contributed by atoms with Crippen LogP contribution in [0.5, 0.6) is 0 Å². The van der Waals surface area contributed by atoms with Crippen molar-refractivity contribution < 1.29 is 14.0 Å². The molecule has 0 saturated carbocycles. The Bertz CT molecular complexity index is 841. The maximum absolute atomic E-state index is 13.2. The Morgan fingerprint density at radius 2 is 1.76 bits per heavy atom. The fraction of sp³-hybridized carbons (Fsp3) is 0.222. The summed E-state index contributed by atoms with van der Waals surface area (Å²) in [4.78, 5) is 26.5. The smallest absolute Gasteiger partial charge is 0.319 e. The molecule has 25 heavy (non-hydrogen) atoms. The summed E-state index contributed by atoms with van der Waals surface area (Å²) in [5.74, 6) is -0.780. The fourth-order valence-electron chi connectivity index (χ4n) is 2.96. The molecular formula is C18H15Cl2FN2O2. The first-order valence-corrected chi connectivity index (χ1v) is 8.47. The van der Waals surface area contributed by atoms with Crippen molar-refractivity contribution in [3.05, 3.63) is 69.5 Å². The van der Waals surface area contributed by atoms with Crippen LogP contribution in [0.2, 0.25) is 10.0 Å². The van der Waals surface area contributed by atoms with Crippen LogP contribution in [0.3, 0.4) is 0 Å². The Balaban J connectivity index is 1.92. The van der Waals surface area contributed by atoms with E-state index in [1.807, 2.05) is 0 Å². The van der Waals surface area contributed by atoms with Crippen LogP contribution in [0.4, 0.5) is 9.18 Å². The monoisotopic (exact) mass is 380 g/mol. The van der Waals surface area contributed by atoms with Crippen molar-refractivity contribution >= 4 is 35.1 Å². The van der Waals surface area contributed by atoms with Crippen LogP contribution >= 0.6 is 23.2 Å². The molecule has 1 aliphatic heterocycles. The molecule has 1 aliphatic rings. The second-order valence-electron chi connectivity index (χ2n) is 5.84. The summed E-state index contributed by atoms with van der Waals surface area (Å²) in [6, 6.07) is 10.0. The molecule has 0 unspecified atom stereocenters. The van der Waals surface area contributed by atoms with E-state index in [4.69, 9.17) is 23.2 Å². The number of carbonyl (C=O) groups is 2. The molecule has 0 spiro atoms. The third kappa shape index (κ3) is 3.10. The van der Waals surface area contributed by atoms with Crippen molar-refractivity contribution in [2.45, 2.75) is 25.4 Å². The highest BCUT2D eigenvalue weighted by molar-refractivity contribution is 6.42. The van der Waals surface area contributed by atoms with Gasteiger partial charge in [0.2, 0.25) is 0 Å². The highest BCUT2D eigenvalue weighted by atomic mass is 35.5. The average molecular weight is 381 g/mol. The molecule has 1 saturated heterocycles. The van der Waals surface area contributed by atoms with E-state index in [1.165, 1.54) is 24.3 Å². The fourth-order valence-corrected chi connectivity index (χ4v) is 3.28. The third-order valence-electron chi connectivity index (χ3n) is 4.37. The van der Waals surface area contributed by atoms with Crippen molar-refractivity contribution in [2.75, 3.05) is 0 Å². The van der Waals surface area contributed by atoms with Gasteiger partial charge in [0.1, 0.15) is 11.4 Å². The Kier molecular flexibility index (Phi) is 4.71. The maximum Gasteiger partial charge on any atom is 0.325 e. The number of urea groups is 1. The van der Waals surface area contributed by atoms with Crippen molar-refractivity contribution in [3.63, 3.8) is 0 Å². The van der Waals surface area contributed by atoms with Crippen LogP contribution in [0, 0.1) is 5.82 Å². The maximum atomic E-state index is 13.2. The Morgan fingerprint density at radius 1 is 1.08 bits per heavy atom. The lowest BCUT2D eigenvalue weighted by Crippen LogP contribution is -2.43. The van der Waals surface area contributed by atoms with Crippen LogP contribution in [-0.4, -0.2) is 16.8 Å². The second kappa shape index (κ2) is 6.65. The molecule has 4 nitrogen and oxygen atoms in total. The SMILES string of the molecule is CC[C@]1(c2ccc(F)cc2)NC(=O)N(Cc2ccc(Cl)c(Cl)c2)C1=O. The molecule has 3 amide bonds. The highest BCUT2D eigenvalue weighted by Gasteiger charge is 2.51. The van der Waals surface area contributed by atoms with E-state index in [-0.39, 0.29) is 12.5 Å². The lowest BCUT2D eigenvalue weighted by atomic mass is 9.87. The Hall–Kier alpha value is -2.11. The van der Waals surface area contributed by atoms with Gasteiger partial charge in [-0.05, 0) is 41.8 Å². The lowest BCUT2D eigenvalue weighted by Gasteiger charge is -2.25. The Labute approximate surface area is 154 Å². The molecule has 1 heterocycles. The molecule has 1 N–H and O–H groups in total. The quantitative estimate of drug-likeness (QED) is 0.794. The molecule has 3 rings (SSSR count). The number of hydrogen-bond acceptors (Lipinski definition) is 2. The van der Waals surface area contributed by atoms with Gasteiger partial charge >= 0.3 is 6.03 Å². The lowest BCUT2D eigenvalue weighted by molar-refractivity contribution is -0.132. The predicted molar refractivity (Wildman–Crippen MR) is 93.9 cm³/mol. The highest BCUT2D eigenvalue weighted by Crippen LogP contribution is 2.33. The van der Waals surface area contributed by atoms with Gasteiger partial charge in [-0.2, -0.15) is 0 Å². The van der Waals surface area contributed by atoms with Crippen molar-refractivity contribution in [3.8, 4) is 0 Å². The average Bonchev–Trinajstić information content (AvgIpc) is 2.84. The number of hydrogen-bond donors (Lipinski definition) is 1. The van der Waals surface area contributed by atoms with E-state index >= 15 is 0 Å². The van der Waals surface area contributed by atoms with Crippen molar-refractivity contribution in [1.82, 2.24) is 10.2 Å². The minimum Gasteiger partial charge on any atom is -0.319 e. The van der Waals surface area contributed by atoms with Gasteiger partial charge in [-0.15, -0.1) is 0 Å². The zero-order chi connectivity index (χ0) is 18.2. The molecule has 0 radical (unpaired) electrons. The van der Waals surface area contributed by atoms with Gasteiger partial charge in [0, 0.05) is 0 Å². The molecular weight excluding hydrogens is 366 g/mol. The van der Waals surface area contributed by atoms with Crippen molar-refractivity contribution in [2.24, 2.45) is 0 Å². The van der Waals surface area contributed by atoms with Gasteiger partial charge in [0.05, 0.1) is 16.6 Å². The molecule has 1 fully saturated rings. The van der Waals surface area contributed by atoms with Crippen LogP contribution in [-0.2, 0) is 16.9 Å². The van der Waals surface area contributed by atoms with Gasteiger partial charge in [0.25, 0.3) is 5.91 Å². The Morgan fingerprint density at radius 3 is 2.36 bits per heavy atom. The molecule has 130 valence electrons. The minimum absolute atomic E-state index is 0.0739. The molecule has 2 aromatic carbocycles. The van der Waals surface area contributed by atoms with Crippen LogP contribution < -0.4 is 5.32 Å². The van der Waals surface area contributed by atoms with E-state index in [0.29, 0.717) is 27.6 Å². The van der Waals surface area contributed by atoms with E-state index < -0.39 is 17.4 Å². The number of nitrogens with zero attached hydrogens (tertiary/aromatic N) is 1. The summed E-state index contributed by atoms with van der Waals surface area (Å²) in [5.41, 5.74) is 0.0383. The number of nitrogens with one attached hydrogen (secondary N) is 1. The standard InChI is InChI=1S/C18H15Cl2FN2O2/c1-2-18(12-4-6-13(21)7-5-12)16(24)23(17(25)22-18)10-11-3-8-14(19)15(20)9-11/h3-9H,2,10H2,1H3,(H,22,25)/t18-/m1/s1. The molecule has 0 bridgehead atoms. The third-order valence-corrected chi connectivity index (χ3v) is 5.11. The first kappa shape index (κ1) is 17.7. The summed E-state index contributed by atoms with van der Waals surface area (Å²) in [7, 11) is 0. The van der Waals surface area contributed by atoms with Gasteiger partial charge in [-0.1, -0.05) is 48.3 Å². The van der Waals surface area contributed by atoms with Crippen LogP contribution in [0.1, 0.15) is 24.5 Å². The van der Waals surface area contributed by atoms with Crippen LogP contribution in [0.15, 0.2) is 42.5 Å². The van der Waals surface area contributed by atoms with Gasteiger partial charge in [-0.3, -0.25) is 9.69 Å². The minimum atomic E-state index is -1.19. The van der Waals surface area contributed by atoms with E-state index in [1.54, 1.807) is 25.1 Å². The summed E-state index contributed by atoms with van der Waals surface area (Å²) in [6.45, 7) is 1.87. The largest absolute Gasteiger partial charge is 0.325 e. The zero-order valence-corrected chi connectivity index (χ0v) is 14.9. The number of carbonyl (C=O) groups excluding carboxylic acids is 2. The van der Waals surface area contributed by atoms with Gasteiger partial charge in [0.15, 0.2) is 0 Å². The normalized spacial score (nSPS) is 20.1. The molecule has 0 aliphatic carbocycles. The number of benzene rings is 2. The van der Waals surface area contributed by atoms with E-state index in [2.05, 4.69) is 5.32 Å². The first-order valence-electron chi connectivity index (χ1n) is 7.71. The summed E-state index contributed by atoms with van der Waals surface area (Å²) >= 11 is 11.9. The number of halogens is 3. The predicted octanol–water partition coefficient (Wildman–Crippen LogP) is 4.49. The number of amides is 3. The first-order chi connectivity index (χ1) is 11.9. The van der Waals surface area contributed by atoms with Gasteiger partial charge in [-0.25, -0.2) is 9.18 Å². The second-order valence-corrected chi connectivity index (χ2v) is 6.65. The number of imide groups is 1. The topological polar surface area (TPSA) is 49.4 Å².